The van der Waals surface area contributed by atoms with Crippen LogP contribution in [0.3, 0.4) is 0 Å². The van der Waals surface area contributed by atoms with E-state index in [0.29, 0.717) is 11.8 Å². The van der Waals surface area contributed by atoms with Crippen LogP contribution < -0.4 is 0 Å². The number of aldehydes is 1. The SMILES string of the molecule is Cc1ccc2c(c1)cc(C=O)n2S(=O)(=O)c1ccccc1. The van der Waals surface area contributed by atoms with Crippen molar-refractivity contribution in [2.24, 2.45) is 0 Å². The van der Waals surface area contributed by atoms with Crippen molar-refractivity contribution in [2.45, 2.75) is 11.8 Å². The number of aryl methyl sites for hydroxylation is 1. The molecule has 3 aromatic rings. The number of rotatable bonds is 3. The third-order valence-corrected chi connectivity index (χ3v) is 5.10. The van der Waals surface area contributed by atoms with E-state index in [1.54, 1.807) is 30.3 Å². The molecular weight excluding hydrogens is 286 g/mol. The number of fused-ring (bicyclic) bond motifs is 1. The van der Waals surface area contributed by atoms with Crippen molar-refractivity contribution in [1.29, 1.82) is 0 Å². The van der Waals surface area contributed by atoms with Gasteiger partial charge in [0, 0.05) is 5.39 Å². The lowest BCUT2D eigenvalue weighted by atomic mass is 10.2. The van der Waals surface area contributed by atoms with Gasteiger partial charge in [0.15, 0.2) is 6.29 Å². The predicted octanol–water partition coefficient (Wildman–Crippen LogP) is 3.00. The van der Waals surface area contributed by atoms with Crippen LogP contribution in [-0.2, 0) is 10.0 Å². The Morgan fingerprint density at radius 1 is 1.00 bits per heavy atom. The molecule has 5 heteroatoms. The molecule has 0 unspecified atom stereocenters. The largest absolute Gasteiger partial charge is 0.296 e. The summed E-state index contributed by atoms with van der Waals surface area (Å²) in [5.41, 5.74) is 1.64. The number of hydrogen-bond acceptors (Lipinski definition) is 3. The van der Waals surface area contributed by atoms with E-state index in [-0.39, 0.29) is 10.6 Å². The minimum atomic E-state index is -3.79. The topological polar surface area (TPSA) is 56.1 Å². The van der Waals surface area contributed by atoms with Crippen molar-refractivity contribution in [3.05, 3.63) is 65.9 Å². The maximum absolute atomic E-state index is 12.8. The number of nitrogens with zero attached hydrogens (tertiary/aromatic N) is 1. The molecule has 21 heavy (non-hydrogen) atoms. The van der Waals surface area contributed by atoms with Gasteiger partial charge in [-0.3, -0.25) is 4.79 Å². The van der Waals surface area contributed by atoms with Crippen molar-refractivity contribution in [2.75, 3.05) is 0 Å². The molecule has 0 atom stereocenters. The second kappa shape index (κ2) is 4.86. The van der Waals surface area contributed by atoms with E-state index in [4.69, 9.17) is 0 Å². The van der Waals surface area contributed by atoms with Crippen molar-refractivity contribution < 1.29 is 13.2 Å². The molecule has 1 aromatic heterocycles. The first-order valence-corrected chi connectivity index (χ1v) is 7.86. The first kappa shape index (κ1) is 13.6. The minimum Gasteiger partial charge on any atom is -0.296 e. The minimum absolute atomic E-state index is 0.124. The van der Waals surface area contributed by atoms with E-state index in [1.165, 1.54) is 12.1 Å². The summed E-state index contributed by atoms with van der Waals surface area (Å²) in [7, 11) is -3.79. The van der Waals surface area contributed by atoms with Gasteiger partial charge in [-0.25, -0.2) is 12.4 Å². The van der Waals surface area contributed by atoms with Gasteiger partial charge in [-0.1, -0.05) is 29.8 Å². The summed E-state index contributed by atoms with van der Waals surface area (Å²) in [5, 5.41) is 0.733. The quantitative estimate of drug-likeness (QED) is 0.699. The molecule has 0 aliphatic carbocycles. The van der Waals surface area contributed by atoms with Gasteiger partial charge >= 0.3 is 0 Å². The molecule has 2 aromatic carbocycles. The van der Waals surface area contributed by atoms with Crippen LogP contribution in [0.1, 0.15) is 16.1 Å². The zero-order chi connectivity index (χ0) is 15.0. The van der Waals surface area contributed by atoms with Crippen molar-refractivity contribution in [3.8, 4) is 0 Å². The Kier molecular flexibility index (Phi) is 3.14. The molecule has 0 spiro atoms. The standard InChI is InChI=1S/C16H13NO3S/c1-12-7-8-16-13(9-12)10-14(11-18)17(16)21(19,20)15-5-3-2-4-6-15/h2-11H,1H3. The molecule has 0 bridgehead atoms. The maximum Gasteiger partial charge on any atom is 0.268 e. The molecule has 0 saturated carbocycles. The molecule has 0 saturated heterocycles. The highest BCUT2D eigenvalue weighted by molar-refractivity contribution is 7.90. The fourth-order valence-electron chi connectivity index (χ4n) is 2.38. The van der Waals surface area contributed by atoms with Gasteiger partial charge in [-0.15, -0.1) is 0 Å². The normalized spacial score (nSPS) is 11.7. The summed E-state index contributed by atoms with van der Waals surface area (Å²) in [6.45, 7) is 1.92. The number of carbonyl (C=O) groups excluding carboxylic acids is 1. The summed E-state index contributed by atoms with van der Waals surface area (Å²) in [6.07, 6.45) is 0.565. The lowest BCUT2D eigenvalue weighted by molar-refractivity contribution is 0.111. The second-order valence-electron chi connectivity index (χ2n) is 4.83. The van der Waals surface area contributed by atoms with Crippen LogP contribution in [0.4, 0.5) is 0 Å². The van der Waals surface area contributed by atoms with Crippen LogP contribution in [0.15, 0.2) is 59.5 Å². The highest BCUT2D eigenvalue weighted by Crippen LogP contribution is 2.25. The van der Waals surface area contributed by atoms with Crippen LogP contribution in [0, 0.1) is 6.92 Å². The fraction of sp³-hybridized carbons (Fsp3) is 0.0625. The summed E-state index contributed by atoms with van der Waals surface area (Å²) >= 11 is 0. The molecule has 1 heterocycles. The molecule has 0 aliphatic heterocycles. The summed E-state index contributed by atoms with van der Waals surface area (Å²) < 4.78 is 26.7. The summed E-state index contributed by atoms with van der Waals surface area (Å²) in [6, 6.07) is 15.1. The Morgan fingerprint density at radius 2 is 1.71 bits per heavy atom. The van der Waals surface area contributed by atoms with E-state index < -0.39 is 10.0 Å². The van der Waals surface area contributed by atoms with Gasteiger partial charge in [0.1, 0.15) is 0 Å². The van der Waals surface area contributed by atoms with Crippen molar-refractivity contribution in [3.63, 3.8) is 0 Å². The molecule has 4 nitrogen and oxygen atoms in total. The van der Waals surface area contributed by atoms with E-state index in [1.807, 2.05) is 19.1 Å². The maximum atomic E-state index is 12.8. The zero-order valence-corrected chi connectivity index (χ0v) is 12.2. The van der Waals surface area contributed by atoms with Gasteiger partial charge < -0.3 is 0 Å². The third kappa shape index (κ3) is 2.15. The molecular formula is C16H13NO3S. The first-order chi connectivity index (χ1) is 10.0. The molecule has 0 fully saturated rings. The molecule has 0 N–H and O–H groups in total. The lowest BCUT2D eigenvalue weighted by Gasteiger charge is -2.09. The van der Waals surface area contributed by atoms with Crippen LogP contribution >= 0.6 is 0 Å². The van der Waals surface area contributed by atoms with Gasteiger partial charge in [-0.2, -0.15) is 0 Å². The molecule has 0 aliphatic rings. The van der Waals surface area contributed by atoms with Gasteiger partial charge in [0.2, 0.25) is 0 Å². The highest BCUT2D eigenvalue weighted by atomic mass is 32.2. The van der Waals surface area contributed by atoms with Gasteiger partial charge in [-0.05, 0) is 37.3 Å². The number of benzene rings is 2. The van der Waals surface area contributed by atoms with Crippen LogP contribution in [0.5, 0.6) is 0 Å². The number of hydrogen-bond donors (Lipinski definition) is 0. The van der Waals surface area contributed by atoms with E-state index >= 15 is 0 Å². The third-order valence-electron chi connectivity index (χ3n) is 3.34. The Morgan fingerprint density at radius 3 is 2.38 bits per heavy atom. The van der Waals surface area contributed by atoms with E-state index in [0.717, 1.165) is 14.9 Å². The average molecular weight is 299 g/mol. The van der Waals surface area contributed by atoms with Gasteiger partial charge in [0.25, 0.3) is 10.0 Å². The van der Waals surface area contributed by atoms with Crippen molar-refractivity contribution in [1.82, 2.24) is 3.97 Å². The Bertz CT molecular complexity index is 925. The lowest BCUT2D eigenvalue weighted by Crippen LogP contribution is -2.15. The Hall–Kier alpha value is -2.40. The Labute approximate surface area is 122 Å². The zero-order valence-electron chi connectivity index (χ0n) is 11.4. The van der Waals surface area contributed by atoms with Crippen LogP contribution in [0.25, 0.3) is 10.9 Å². The molecule has 0 radical (unpaired) electrons. The number of aromatic nitrogens is 1. The van der Waals surface area contributed by atoms with E-state index in [2.05, 4.69) is 0 Å². The average Bonchev–Trinajstić information content (AvgIpc) is 2.86. The Balaban J connectivity index is 2.36. The fourth-order valence-corrected chi connectivity index (χ4v) is 3.89. The smallest absolute Gasteiger partial charge is 0.268 e. The molecule has 106 valence electrons. The number of carbonyl (C=O) groups is 1. The van der Waals surface area contributed by atoms with Crippen molar-refractivity contribution >= 4 is 27.2 Å². The second-order valence-corrected chi connectivity index (χ2v) is 6.62. The predicted molar refractivity (Wildman–Crippen MR) is 81.1 cm³/mol. The summed E-state index contributed by atoms with van der Waals surface area (Å²) in [5.74, 6) is 0. The van der Waals surface area contributed by atoms with Crippen LogP contribution in [0.2, 0.25) is 0 Å². The molecule has 3 rings (SSSR count). The first-order valence-electron chi connectivity index (χ1n) is 6.42. The molecule has 0 amide bonds. The van der Waals surface area contributed by atoms with E-state index in [9.17, 15) is 13.2 Å². The highest BCUT2D eigenvalue weighted by Gasteiger charge is 2.22. The monoisotopic (exact) mass is 299 g/mol. The van der Waals surface area contributed by atoms with Gasteiger partial charge in [0.05, 0.1) is 16.1 Å². The van der Waals surface area contributed by atoms with Crippen LogP contribution in [-0.4, -0.2) is 18.7 Å². The summed E-state index contributed by atoms with van der Waals surface area (Å²) in [4.78, 5) is 11.4.